The number of nitrogens with one attached hydrogen (secondary N) is 1. The second kappa shape index (κ2) is 6.31. The van der Waals surface area contributed by atoms with E-state index >= 15 is 0 Å². The highest BCUT2D eigenvalue weighted by Gasteiger charge is 2.13. The molecular weight excluding hydrogens is 328 g/mol. The molecule has 0 aliphatic carbocycles. The van der Waals surface area contributed by atoms with Crippen molar-refractivity contribution >= 4 is 33.2 Å². The number of carbonyl (C=O) groups is 1. The highest BCUT2D eigenvalue weighted by atomic mass is 79.9. The zero-order chi connectivity index (χ0) is 15.6. The molecule has 0 bridgehead atoms. The van der Waals surface area contributed by atoms with Crippen LogP contribution in [0.3, 0.4) is 0 Å². The first kappa shape index (κ1) is 15.6. The van der Waals surface area contributed by atoms with Gasteiger partial charge in [-0.15, -0.1) is 0 Å². The van der Waals surface area contributed by atoms with E-state index in [9.17, 15) is 4.79 Å². The summed E-state index contributed by atoms with van der Waals surface area (Å²) in [4.78, 5) is 12.5. The Morgan fingerprint density at radius 2 is 1.90 bits per heavy atom. The van der Waals surface area contributed by atoms with Gasteiger partial charge in [-0.3, -0.25) is 4.79 Å². The van der Waals surface area contributed by atoms with Gasteiger partial charge in [-0.1, -0.05) is 28.9 Å². The second-order valence-electron chi connectivity index (χ2n) is 5.13. The van der Waals surface area contributed by atoms with Gasteiger partial charge in [-0.2, -0.15) is 0 Å². The van der Waals surface area contributed by atoms with Gasteiger partial charge >= 0.3 is 0 Å². The summed E-state index contributed by atoms with van der Waals surface area (Å²) in [6.45, 7) is 5.92. The van der Waals surface area contributed by atoms with Crippen molar-refractivity contribution in [3.8, 4) is 0 Å². The second-order valence-corrected chi connectivity index (χ2v) is 6.05. The van der Waals surface area contributed by atoms with Gasteiger partial charge in [0.15, 0.2) is 0 Å². The molecule has 0 radical (unpaired) electrons. The van der Waals surface area contributed by atoms with Gasteiger partial charge in [0.1, 0.15) is 0 Å². The van der Waals surface area contributed by atoms with Crippen LogP contribution in [0.1, 0.15) is 34.0 Å². The molecule has 0 heterocycles. The monoisotopic (exact) mass is 346 g/mol. The number of halogens is 1. The van der Waals surface area contributed by atoms with E-state index in [1.807, 2.05) is 38.1 Å². The SMILES string of the molecule is CCc1cc(Br)ccc1NC(=O)c1cc(N)c(C)cc1C. The molecule has 3 nitrogen and oxygen atoms in total. The molecule has 0 atom stereocenters. The Morgan fingerprint density at radius 3 is 2.57 bits per heavy atom. The molecule has 110 valence electrons. The molecule has 0 saturated carbocycles. The van der Waals surface area contributed by atoms with Crippen molar-refractivity contribution in [2.75, 3.05) is 11.1 Å². The van der Waals surface area contributed by atoms with Crippen molar-refractivity contribution in [3.05, 3.63) is 57.1 Å². The number of benzene rings is 2. The lowest BCUT2D eigenvalue weighted by atomic mass is 10.0. The Hall–Kier alpha value is -1.81. The molecule has 2 aromatic rings. The van der Waals surface area contributed by atoms with Crippen LogP contribution in [0.4, 0.5) is 11.4 Å². The first-order chi connectivity index (χ1) is 9.92. The lowest BCUT2D eigenvalue weighted by molar-refractivity contribution is 0.102. The van der Waals surface area contributed by atoms with E-state index in [1.54, 1.807) is 6.07 Å². The summed E-state index contributed by atoms with van der Waals surface area (Å²) in [5, 5.41) is 2.98. The Labute approximate surface area is 133 Å². The van der Waals surface area contributed by atoms with Crippen molar-refractivity contribution in [1.82, 2.24) is 0 Å². The van der Waals surface area contributed by atoms with Crippen molar-refractivity contribution in [1.29, 1.82) is 0 Å². The van der Waals surface area contributed by atoms with E-state index in [-0.39, 0.29) is 5.91 Å². The van der Waals surface area contributed by atoms with Gasteiger partial charge in [0.25, 0.3) is 5.91 Å². The first-order valence-electron chi connectivity index (χ1n) is 6.89. The van der Waals surface area contributed by atoms with Crippen LogP contribution in [-0.2, 0) is 6.42 Å². The minimum absolute atomic E-state index is 0.128. The van der Waals surface area contributed by atoms with Crippen LogP contribution in [0.2, 0.25) is 0 Å². The average Bonchev–Trinajstić information content (AvgIpc) is 2.44. The highest BCUT2D eigenvalue weighted by molar-refractivity contribution is 9.10. The minimum atomic E-state index is -0.128. The lowest BCUT2D eigenvalue weighted by Crippen LogP contribution is -2.15. The summed E-state index contributed by atoms with van der Waals surface area (Å²) in [5.41, 5.74) is 11.0. The third-order valence-electron chi connectivity index (χ3n) is 3.55. The fourth-order valence-electron chi connectivity index (χ4n) is 2.28. The molecule has 2 rings (SSSR count). The number of hydrogen-bond donors (Lipinski definition) is 2. The summed E-state index contributed by atoms with van der Waals surface area (Å²) in [6.07, 6.45) is 0.851. The molecule has 2 aromatic carbocycles. The average molecular weight is 347 g/mol. The summed E-state index contributed by atoms with van der Waals surface area (Å²) < 4.78 is 1.01. The number of rotatable bonds is 3. The standard InChI is InChI=1S/C17H19BrN2O/c1-4-12-8-13(18)5-6-16(12)20-17(21)14-9-15(19)11(3)7-10(14)2/h5-9H,4,19H2,1-3H3,(H,20,21). The highest BCUT2D eigenvalue weighted by Crippen LogP contribution is 2.24. The van der Waals surface area contributed by atoms with Crippen LogP contribution in [0.25, 0.3) is 0 Å². The van der Waals surface area contributed by atoms with E-state index < -0.39 is 0 Å². The number of aryl methyl sites for hydroxylation is 3. The number of hydrogen-bond acceptors (Lipinski definition) is 2. The van der Waals surface area contributed by atoms with Crippen LogP contribution in [0, 0.1) is 13.8 Å². The van der Waals surface area contributed by atoms with Gasteiger partial charge in [0.2, 0.25) is 0 Å². The zero-order valence-electron chi connectivity index (χ0n) is 12.5. The van der Waals surface area contributed by atoms with Crippen LogP contribution in [-0.4, -0.2) is 5.91 Å². The largest absolute Gasteiger partial charge is 0.398 e. The molecule has 1 amide bonds. The predicted octanol–water partition coefficient (Wildman–Crippen LogP) is 4.46. The van der Waals surface area contributed by atoms with Gasteiger partial charge in [0, 0.05) is 21.4 Å². The summed E-state index contributed by atoms with van der Waals surface area (Å²) in [6, 6.07) is 9.53. The molecule has 4 heteroatoms. The minimum Gasteiger partial charge on any atom is -0.398 e. The maximum absolute atomic E-state index is 12.5. The molecule has 0 saturated heterocycles. The molecule has 21 heavy (non-hydrogen) atoms. The topological polar surface area (TPSA) is 55.1 Å². The van der Waals surface area contributed by atoms with Gasteiger partial charge < -0.3 is 11.1 Å². The maximum atomic E-state index is 12.5. The number of anilines is 2. The Bertz CT molecular complexity index is 695. The third kappa shape index (κ3) is 3.45. The van der Waals surface area contributed by atoms with E-state index in [2.05, 4.69) is 28.2 Å². The quantitative estimate of drug-likeness (QED) is 0.806. The first-order valence-corrected chi connectivity index (χ1v) is 7.68. The lowest BCUT2D eigenvalue weighted by Gasteiger charge is -2.13. The summed E-state index contributed by atoms with van der Waals surface area (Å²) in [5.74, 6) is -0.128. The molecule has 0 aliphatic rings. The molecule has 0 spiro atoms. The zero-order valence-corrected chi connectivity index (χ0v) is 14.0. The van der Waals surface area contributed by atoms with Crippen molar-refractivity contribution in [2.24, 2.45) is 0 Å². The van der Waals surface area contributed by atoms with E-state index in [4.69, 9.17) is 5.73 Å². The Balaban J connectivity index is 2.32. The number of amides is 1. The number of carbonyl (C=O) groups excluding carboxylic acids is 1. The smallest absolute Gasteiger partial charge is 0.256 e. The van der Waals surface area contributed by atoms with Crippen LogP contribution in [0.15, 0.2) is 34.8 Å². The molecule has 0 aromatic heterocycles. The fourth-order valence-corrected chi connectivity index (χ4v) is 2.69. The van der Waals surface area contributed by atoms with Crippen molar-refractivity contribution in [3.63, 3.8) is 0 Å². The van der Waals surface area contributed by atoms with Crippen molar-refractivity contribution < 1.29 is 4.79 Å². The summed E-state index contributed by atoms with van der Waals surface area (Å²) >= 11 is 3.45. The third-order valence-corrected chi connectivity index (χ3v) is 4.05. The molecule has 0 unspecified atom stereocenters. The van der Waals surface area contributed by atoms with E-state index in [1.165, 1.54) is 0 Å². The molecule has 0 aliphatic heterocycles. The number of nitrogens with two attached hydrogens (primary N) is 1. The number of nitrogen functional groups attached to an aromatic ring is 1. The van der Waals surface area contributed by atoms with Crippen LogP contribution >= 0.6 is 15.9 Å². The van der Waals surface area contributed by atoms with Crippen LogP contribution in [0.5, 0.6) is 0 Å². The van der Waals surface area contributed by atoms with Gasteiger partial charge in [0.05, 0.1) is 0 Å². The van der Waals surface area contributed by atoms with E-state index in [0.717, 1.165) is 33.3 Å². The fraction of sp³-hybridized carbons (Fsp3) is 0.235. The molecular formula is C17H19BrN2O. The van der Waals surface area contributed by atoms with Crippen molar-refractivity contribution in [2.45, 2.75) is 27.2 Å². The summed E-state index contributed by atoms with van der Waals surface area (Å²) in [7, 11) is 0. The molecule has 3 N–H and O–H groups in total. The predicted molar refractivity (Wildman–Crippen MR) is 91.8 cm³/mol. The molecule has 0 fully saturated rings. The van der Waals surface area contributed by atoms with E-state index in [0.29, 0.717) is 11.3 Å². The van der Waals surface area contributed by atoms with Gasteiger partial charge in [-0.25, -0.2) is 0 Å². The van der Waals surface area contributed by atoms with Gasteiger partial charge in [-0.05, 0) is 61.2 Å². The normalized spacial score (nSPS) is 10.5. The Morgan fingerprint density at radius 1 is 1.19 bits per heavy atom. The maximum Gasteiger partial charge on any atom is 0.256 e. The van der Waals surface area contributed by atoms with Crippen LogP contribution < -0.4 is 11.1 Å². The Kier molecular flexibility index (Phi) is 4.68.